The molecule has 1 aliphatic rings. The zero-order valence-corrected chi connectivity index (χ0v) is 15.2. The minimum Gasteiger partial charge on any atom is -0.493 e. The highest BCUT2D eigenvalue weighted by atomic mass is 16.6. The highest BCUT2D eigenvalue weighted by molar-refractivity contribution is 5.89. The Labute approximate surface area is 153 Å². The van der Waals surface area contributed by atoms with E-state index in [9.17, 15) is 9.59 Å². The number of amides is 1. The number of benzene rings is 1. The van der Waals surface area contributed by atoms with Crippen LogP contribution >= 0.6 is 0 Å². The van der Waals surface area contributed by atoms with Gasteiger partial charge in [-0.3, -0.25) is 4.79 Å². The molecule has 0 fully saturated rings. The number of rotatable bonds is 9. The van der Waals surface area contributed by atoms with Crippen LogP contribution in [0.4, 0.5) is 0 Å². The van der Waals surface area contributed by atoms with E-state index < -0.39 is 5.97 Å². The van der Waals surface area contributed by atoms with Crippen LogP contribution in [-0.2, 0) is 14.3 Å². The molecule has 0 saturated carbocycles. The minimum absolute atomic E-state index is 0.292. The quantitative estimate of drug-likeness (QED) is 0.412. The van der Waals surface area contributed by atoms with E-state index in [1.807, 2.05) is 0 Å². The van der Waals surface area contributed by atoms with Crippen LogP contribution in [0.5, 0.6) is 17.2 Å². The highest BCUT2D eigenvalue weighted by Crippen LogP contribution is 2.40. The summed E-state index contributed by atoms with van der Waals surface area (Å²) in [6.07, 6.45) is 5.89. The zero-order valence-electron chi connectivity index (χ0n) is 15.2. The van der Waals surface area contributed by atoms with Crippen molar-refractivity contribution >= 4 is 18.0 Å². The molecule has 1 aromatic rings. The van der Waals surface area contributed by atoms with Gasteiger partial charge in [-0.05, 0) is 30.2 Å². The van der Waals surface area contributed by atoms with Gasteiger partial charge in [-0.2, -0.15) is 0 Å². The first kappa shape index (κ1) is 19.6. The third-order valence-electron chi connectivity index (χ3n) is 3.71. The maximum Gasteiger partial charge on any atom is 0.331 e. The lowest BCUT2D eigenvalue weighted by atomic mass is 10.1. The summed E-state index contributed by atoms with van der Waals surface area (Å²) in [4.78, 5) is 23.3. The van der Waals surface area contributed by atoms with Crippen LogP contribution in [0.25, 0.3) is 6.08 Å². The number of hydrogen-bond donors (Lipinski definition) is 1. The molecular weight excluding hydrogens is 338 g/mol. The van der Waals surface area contributed by atoms with Gasteiger partial charge in [-0.15, -0.1) is 0 Å². The lowest BCUT2D eigenvalue weighted by Gasteiger charge is -2.20. The van der Waals surface area contributed by atoms with Crippen LogP contribution in [0.2, 0.25) is 0 Å². The van der Waals surface area contributed by atoms with Gasteiger partial charge in [0.2, 0.25) is 5.75 Å². The number of fused-ring (bicyclic) bond motifs is 1. The monoisotopic (exact) mass is 363 g/mol. The first-order valence-electron chi connectivity index (χ1n) is 8.73. The molecule has 2 rings (SSSR count). The molecule has 0 radical (unpaired) electrons. The lowest BCUT2D eigenvalue weighted by Crippen LogP contribution is -2.29. The van der Waals surface area contributed by atoms with Gasteiger partial charge < -0.3 is 24.3 Å². The Morgan fingerprint density at radius 2 is 2.04 bits per heavy atom. The summed E-state index contributed by atoms with van der Waals surface area (Å²) in [5, 5.41) is 2.71. The lowest BCUT2D eigenvalue weighted by molar-refractivity contribution is -0.143. The average molecular weight is 363 g/mol. The van der Waals surface area contributed by atoms with E-state index in [0.29, 0.717) is 42.6 Å². The fourth-order valence-electron chi connectivity index (χ4n) is 2.39. The normalized spacial score (nSPS) is 12.7. The molecule has 0 unspecified atom stereocenters. The molecule has 0 aromatic heterocycles. The molecule has 0 saturated heterocycles. The molecule has 26 heavy (non-hydrogen) atoms. The van der Waals surface area contributed by atoms with E-state index in [0.717, 1.165) is 19.3 Å². The van der Waals surface area contributed by atoms with Crippen molar-refractivity contribution in [3.05, 3.63) is 23.8 Å². The summed E-state index contributed by atoms with van der Waals surface area (Å²) in [5.74, 6) is 0.751. The molecule has 0 spiro atoms. The van der Waals surface area contributed by atoms with Crippen LogP contribution in [-0.4, -0.2) is 45.4 Å². The highest BCUT2D eigenvalue weighted by Gasteiger charge is 2.17. The number of carbonyl (C=O) groups is 2. The van der Waals surface area contributed by atoms with Gasteiger partial charge in [0.1, 0.15) is 13.2 Å². The molecule has 1 heterocycles. The van der Waals surface area contributed by atoms with Gasteiger partial charge in [-0.25, -0.2) is 4.79 Å². The number of ether oxygens (including phenoxy) is 4. The van der Waals surface area contributed by atoms with E-state index in [2.05, 4.69) is 12.2 Å². The van der Waals surface area contributed by atoms with Crippen molar-refractivity contribution in [2.45, 2.75) is 26.2 Å². The maximum absolute atomic E-state index is 11.8. The Morgan fingerprint density at radius 1 is 1.23 bits per heavy atom. The molecule has 142 valence electrons. The van der Waals surface area contributed by atoms with Crippen molar-refractivity contribution in [2.75, 3.05) is 33.5 Å². The second kappa shape index (κ2) is 10.3. The number of hydrogen-bond acceptors (Lipinski definition) is 6. The largest absolute Gasteiger partial charge is 0.493 e. The summed E-state index contributed by atoms with van der Waals surface area (Å²) in [7, 11) is 1.54. The van der Waals surface area contributed by atoms with E-state index in [1.54, 1.807) is 18.2 Å². The Morgan fingerprint density at radius 3 is 2.81 bits per heavy atom. The molecule has 1 aromatic carbocycles. The van der Waals surface area contributed by atoms with Crippen LogP contribution in [0.15, 0.2) is 18.2 Å². The Kier molecular flexibility index (Phi) is 7.79. The molecule has 0 aliphatic carbocycles. The number of methoxy groups -OCH3 is 1. The molecule has 1 amide bonds. The fraction of sp³-hybridized carbons (Fsp3) is 0.474. The van der Waals surface area contributed by atoms with E-state index in [-0.39, 0.29) is 12.5 Å². The van der Waals surface area contributed by atoms with Gasteiger partial charge >= 0.3 is 5.97 Å². The summed E-state index contributed by atoms with van der Waals surface area (Å²) in [5.41, 5.74) is 0.701. The van der Waals surface area contributed by atoms with Crippen LogP contribution in [0.3, 0.4) is 0 Å². The van der Waals surface area contributed by atoms with Crippen LogP contribution in [0, 0.1) is 0 Å². The van der Waals surface area contributed by atoms with Gasteiger partial charge in [0, 0.05) is 12.6 Å². The second-order valence-corrected chi connectivity index (χ2v) is 5.75. The SMILES string of the molecule is CCCCCNC(=O)COC(=O)/C=C/c1cc(OC)c2c(c1)OCCO2. The van der Waals surface area contributed by atoms with Gasteiger partial charge in [-0.1, -0.05) is 19.8 Å². The van der Waals surface area contributed by atoms with Crippen molar-refractivity contribution in [2.24, 2.45) is 0 Å². The summed E-state index contributed by atoms with van der Waals surface area (Å²) in [6.45, 7) is 3.31. The zero-order chi connectivity index (χ0) is 18.8. The summed E-state index contributed by atoms with van der Waals surface area (Å²) in [6, 6.07) is 3.49. The van der Waals surface area contributed by atoms with E-state index >= 15 is 0 Å². The molecule has 0 bridgehead atoms. The standard InChI is InChI=1S/C19H25NO6/c1-3-4-5-8-20-17(21)13-26-18(22)7-6-14-11-15(23-2)19-16(12-14)24-9-10-25-19/h6-7,11-12H,3-5,8-10,13H2,1-2H3,(H,20,21)/b7-6+. The Hall–Kier alpha value is -2.70. The summed E-state index contributed by atoms with van der Waals surface area (Å²) >= 11 is 0. The molecule has 1 aliphatic heterocycles. The fourth-order valence-corrected chi connectivity index (χ4v) is 2.39. The van der Waals surface area contributed by atoms with Crippen molar-refractivity contribution in [1.82, 2.24) is 5.32 Å². The van der Waals surface area contributed by atoms with Crippen molar-refractivity contribution < 1.29 is 28.5 Å². The maximum atomic E-state index is 11.8. The second-order valence-electron chi connectivity index (χ2n) is 5.75. The number of nitrogens with one attached hydrogen (secondary N) is 1. The predicted octanol–water partition coefficient (Wildman–Crippen LogP) is 2.33. The van der Waals surface area contributed by atoms with Gasteiger partial charge in [0.15, 0.2) is 18.1 Å². The topological polar surface area (TPSA) is 83.1 Å². The third kappa shape index (κ3) is 5.98. The first-order chi connectivity index (χ1) is 12.6. The van der Waals surface area contributed by atoms with Crippen molar-refractivity contribution in [1.29, 1.82) is 0 Å². The molecule has 7 nitrogen and oxygen atoms in total. The predicted molar refractivity (Wildman–Crippen MR) is 96.5 cm³/mol. The van der Waals surface area contributed by atoms with Gasteiger partial charge in [0.25, 0.3) is 5.91 Å². The molecule has 1 N–H and O–H groups in total. The Balaban J connectivity index is 1.85. The number of esters is 1. The number of carbonyl (C=O) groups excluding carboxylic acids is 2. The minimum atomic E-state index is -0.595. The molecule has 7 heteroatoms. The number of unbranched alkanes of at least 4 members (excludes halogenated alkanes) is 2. The van der Waals surface area contributed by atoms with Gasteiger partial charge in [0.05, 0.1) is 7.11 Å². The van der Waals surface area contributed by atoms with Crippen molar-refractivity contribution in [3.8, 4) is 17.2 Å². The Bertz CT molecular complexity index is 638. The van der Waals surface area contributed by atoms with Crippen LogP contribution in [0.1, 0.15) is 31.7 Å². The third-order valence-corrected chi connectivity index (χ3v) is 3.71. The smallest absolute Gasteiger partial charge is 0.331 e. The van der Waals surface area contributed by atoms with Crippen LogP contribution < -0.4 is 19.5 Å². The molecule has 0 atom stereocenters. The van der Waals surface area contributed by atoms with E-state index in [1.165, 1.54) is 13.2 Å². The average Bonchev–Trinajstić information content (AvgIpc) is 2.67. The summed E-state index contributed by atoms with van der Waals surface area (Å²) < 4.78 is 21.3. The first-order valence-corrected chi connectivity index (χ1v) is 8.73. The molecular formula is C19H25NO6. The van der Waals surface area contributed by atoms with E-state index in [4.69, 9.17) is 18.9 Å². The van der Waals surface area contributed by atoms with Crippen molar-refractivity contribution in [3.63, 3.8) is 0 Å².